The molecule has 0 unspecified atom stereocenters. The standard InChI is InChI=1S/C7H9N3S/c1-11-7-3-2-5(9)6(4-8)10-7/h2-4,8H,9H2,1H3. The zero-order valence-electron chi connectivity index (χ0n) is 6.16. The highest BCUT2D eigenvalue weighted by Crippen LogP contribution is 2.14. The molecule has 0 aliphatic rings. The van der Waals surface area contributed by atoms with Gasteiger partial charge in [-0.05, 0) is 18.4 Å². The number of nitrogens with two attached hydrogens (primary N) is 1. The van der Waals surface area contributed by atoms with E-state index in [1.54, 1.807) is 6.07 Å². The highest BCUT2D eigenvalue weighted by Gasteiger charge is 1.97. The molecule has 3 nitrogen and oxygen atoms in total. The van der Waals surface area contributed by atoms with Gasteiger partial charge in [-0.15, -0.1) is 11.8 Å². The van der Waals surface area contributed by atoms with E-state index >= 15 is 0 Å². The summed E-state index contributed by atoms with van der Waals surface area (Å²) in [6.07, 6.45) is 3.10. The maximum atomic E-state index is 6.98. The third kappa shape index (κ3) is 1.71. The van der Waals surface area contributed by atoms with Gasteiger partial charge in [0.05, 0.1) is 10.7 Å². The predicted octanol–water partition coefficient (Wildman–Crippen LogP) is 1.38. The fourth-order valence-electron chi connectivity index (χ4n) is 0.696. The van der Waals surface area contributed by atoms with Crippen molar-refractivity contribution >= 4 is 23.7 Å². The van der Waals surface area contributed by atoms with E-state index in [4.69, 9.17) is 11.1 Å². The highest BCUT2D eigenvalue weighted by molar-refractivity contribution is 7.98. The Morgan fingerprint density at radius 3 is 2.91 bits per heavy atom. The van der Waals surface area contributed by atoms with Gasteiger partial charge in [0.25, 0.3) is 0 Å². The molecule has 0 aromatic carbocycles. The van der Waals surface area contributed by atoms with Crippen molar-refractivity contribution in [3.05, 3.63) is 17.8 Å². The van der Waals surface area contributed by atoms with Gasteiger partial charge in [0.1, 0.15) is 5.69 Å². The summed E-state index contributed by atoms with van der Waals surface area (Å²) >= 11 is 1.54. The zero-order valence-corrected chi connectivity index (χ0v) is 6.98. The van der Waals surface area contributed by atoms with Gasteiger partial charge < -0.3 is 11.1 Å². The van der Waals surface area contributed by atoms with Crippen LogP contribution < -0.4 is 5.73 Å². The molecule has 0 aliphatic carbocycles. The summed E-state index contributed by atoms with van der Waals surface area (Å²) in [6.45, 7) is 0. The van der Waals surface area contributed by atoms with Crippen molar-refractivity contribution in [2.75, 3.05) is 12.0 Å². The lowest BCUT2D eigenvalue weighted by molar-refractivity contribution is 1.13. The Bertz CT molecular complexity index is 272. The molecule has 0 radical (unpaired) electrons. The molecule has 0 amide bonds. The van der Waals surface area contributed by atoms with E-state index < -0.39 is 0 Å². The maximum Gasteiger partial charge on any atom is 0.105 e. The fourth-order valence-corrected chi connectivity index (χ4v) is 1.09. The van der Waals surface area contributed by atoms with E-state index in [1.165, 1.54) is 11.8 Å². The maximum absolute atomic E-state index is 6.98. The molecule has 0 bridgehead atoms. The van der Waals surface area contributed by atoms with Crippen LogP contribution in [0.3, 0.4) is 0 Å². The minimum absolute atomic E-state index is 0.539. The van der Waals surface area contributed by atoms with Crippen LogP contribution in [0.4, 0.5) is 5.69 Å². The number of aromatic nitrogens is 1. The molecule has 3 N–H and O–H groups in total. The van der Waals surface area contributed by atoms with Crippen molar-refractivity contribution in [2.24, 2.45) is 0 Å². The second-order valence-electron chi connectivity index (χ2n) is 1.97. The summed E-state index contributed by atoms with van der Waals surface area (Å²) < 4.78 is 0. The first-order valence-electron chi connectivity index (χ1n) is 3.09. The lowest BCUT2D eigenvalue weighted by atomic mass is 10.3. The number of thioether (sulfide) groups is 1. The summed E-state index contributed by atoms with van der Waals surface area (Å²) in [5, 5.41) is 7.87. The van der Waals surface area contributed by atoms with Crippen LogP contribution in [0.5, 0.6) is 0 Å². The van der Waals surface area contributed by atoms with Gasteiger partial charge in [-0.25, -0.2) is 4.98 Å². The molecular weight excluding hydrogens is 158 g/mol. The molecule has 58 valence electrons. The number of nitrogens with zero attached hydrogens (tertiary/aromatic N) is 1. The van der Waals surface area contributed by atoms with Gasteiger partial charge in [0.15, 0.2) is 0 Å². The van der Waals surface area contributed by atoms with Crippen molar-refractivity contribution in [1.29, 1.82) is 5.41 Å². The Morgan fingerprint density at radius 1 is 1.64 bits per heavy atom. The monoisotopic (exact) mass is 167 g/mol. The molecule has 11 heavy (non-hydrogen) atoms. The van der Waals surface area contributed by atoms with Gasteiger partial charge in [-0.3, -0.25) is 0 Å². The van der Waals surface area contributed by atoms with Crippen LogP contribution in [0.1, 0.15) is 5.69 Å². The minimum Gasteiger partial charge on any atom is -0.397 e. The van der Waals surface area contributed by atoms with Gasteiger partial charge >= 0.3 is 0 Å². The van der Waals surface area contributed by atoms with E-state index in [1.807, 2.05) is 12.3 Å². The van der Waals surface area contributed by atoms with E-state index in [9.17, 15) is 0 Å². The second-order valence-corrected chi connectivity index (χ2v) is 2.80. The summed E-state index contributed by atoms with van der Waals surface area (Å²) in [7, 11) is 0. The summed E-state index contributed by atoms with van der Waals surface area (Å²) in [6, 6.07) is 3.60. The Balaban J connectivity index is 3.12. The first-order chi connectivity index (χ1) is 5.27. The Morgan fingerprint density at radius 2 is 2.36 bits per heavy atom. The van der Waals surface area contributed by atoms with Gasteiger partial charge in [-0.1, -0.05) is 0 Å². The molecule has 0 spiro atoms. The summed E-state index contributed by atoms with van der Waals surface area (Å²) in [5.41, 5.74) is 6.62. The van der Waals surface area contributed by atoms with E-state index in [0.29, 0.717) is 11.4 Å². The van der Waals surface area contributed by atoms with Crippen molar-refractivity contribution in [2.45, 2.75) is 5.03 Å². The highest BCUT2D eigenvalue weighted by atomic mass is 32.2. The smallest absolute Gasteiger partial charge is 0.105 e. The average Bonchev–Trinajstić information content (AvgIpc) is 2.05. The van der Waals surface area contributed by atoms with E-state index in [2.05, 4.69) is 4.98 Å². The van der Waals surface area contributed by atoms with Gasteiger partial charge in [0.2, 0.25) is 0 Å². The molecule has 1 aromatic rings. The van der Waals surface area contributed by atoms with Gasteiger partial charge in [0, 0.05) is 6.21 Å². The van der Waals surface area contributed by atoms with E-state index in [0.717, 1.165) is 11.2 Å². The minimum atomic E-state index is 0.539. The van der Waals surface area contributed by atoms with Crippen molar-refractivity contribution in [1.82, 2.24) is 4.98 Å². The molecule has 1 rings (SSSR count). The molecule has 0 aliphatic heterocycles. The Kier molecular flexibility index (Phi) is 2.48. The number of anilines is 1. The van der Waals surface area contributed by atoms with Crippen LogP contribution in [0.2, 0.25) is 0 Å². The summed E-state index contributed by atoms with van der Waals surface area (Å²) in [4.78, 5) is 4.10. The largest absolute Gasteiger partial charge is 0.397 e. The lowest BCUT2D eigenvalue weighted by Gasteiger charge is -1.99. The van der Waals surface area contributed by atoms with Crippen LogP contribution in [-0.4, -0.2) is 17.5 Å². The number of nitrogens with one attached hydrogen (secondary N) is 1. The fraction of sp³-hybridized carbons (Fsp3) is 0.143. The average molecular weight is 167 g/mol. The van der Waals surface area contributed by atoms with Crippen molar-refractivity contribution < 1.29 is 0 Å². The van der Waals surface area contributed by atoms with Crippen LogP contribution in [0.15, 0.2) is 17.2 Å². The third-order valence-corrected chi connectivity index (χ3v) is 1.92. The first kappa shape index (κ1) is 8.07. The quantitative estimate of drug-likeness (QED) is 0.516. The number of nitrogen functional groups attached to an aromatic ring is 1. The summed E-state index contributed by atoms with van der Waals surface area (Å²) in [5.74, 6) is 0. The molecule has 0 saturated heterocycles. The first-order valence-corrected chi connectivity index (χ1v) is 4.31. The second kappa shape index (κ2) is 3.39. The van der Waals surface area contributed by atoms with Crippen molar-refractivity contribution in [3.63, 3.8) is 0 Å². The van der Waals surface area contributed by atoms with Crippen LogP contribution in [0, 0.1) is 5.41 Å². The van der Waals surface area contributed by atoms with Crippen molar-refractivity contribution in [3.8, 4) is 0 Å². The topological polar surface area (TPSA) is 62.8 Å². The van der Waals surface area contributed by atoms with Crippen LogP contribution >= 0.6 is 11.8 Å². The molecule has 0 fully saturated rings. The zero-order chi connectivity index (χ0) is 8.27. The number of pyridine rings is 1. The lowest BCUT2D eigenvalue weighted by Crippen LogP contribution is -1.96. The van der Waals surface area contributed by atoms with Crippen LogP contribution in [-0.2, 0) is 0 Å². The Labute approximate surface area is 69.5 Å². The van der Waals surface area contributed by atoms with E-state index in [-0.39, 0.29) is 0 Å². The molecule has 1 aromatic heterocycles. The van der Waals surface area contributed by atoms with Gasteiger partial charge in [-0.2, -0.15) is 0 Å². The number of hydrogen-bond donors (Lipinski definition) is 2. The molecule has 0 saturated carbocycles. The molecule has 1 heterocycles. The number of rotatable bonds is 2. The Hall–Kier alpha value is -1.03. The predicted molar refractivity (Wildman–Crippen MR) is 48.3 cm³/mol. The van der Waals surface area contributed by atoms with Crippen LogP contribution in [0.25, 0.3) is 0 Å². The normalized spacial score (nSPS) is 9.55. The SMILES string of the molecule is CSc1ccc(N)c(C=N)n1. The molecule has 4 heteroatoms. The number of hydrogen-bond acceptors (Lipinski definition) is 4. The third-order valence-electron chi connectivity index (χ3n) is 1.28. The molecule has 0 atom stereocenters. The molecular formula is C7H9N3S.